The molecule has 0 radical (unpaired) electrons. The molecule has 0 bridgehead atoms. The van der Waals surface area contributed by atoms with Crippen molar-refractivity contribution >= 4 is 17.7 Å². The molecule has 0 aromatic heterocycles. The lowest BCUT2D eigenvalue weighted by atomic mass is 9.46. The van der Waals surface area contributed by atoms with Crippen molar-refractivity contribution in [2.45, 2.75) is 32.7 Å². The maximum atomic E-state index is 13.1. The first-order valence-electron chi connectivity index (χ1n) is 8.71. The molecule has 0 saturated heterocycles. The molecule has 2 aliphatic rings. The molecule has 1 heterocycles. The fraction of sp³-hybridized carbons (Fsp3) is 0.450. The van der Waals surface area contributed by atoms with E-state index in [0.717, 1.165) is 5.56 Å². The molecule has 3 atom stereocenters. The summed E-state index contributed by atoms with van der Waals surface area (Å²) in [5, 5.41) is 0. The molecule has 1 aromatic rings. The maximum absolute atomic E-state index is 13.1. The fourth-order valence-electron chi connectivity index (χ4n) is 4.13. The van der Waals surface area contributed by atoms with Crippen LogP contribution < -0.4 is 0 Å². The number of Topliss-reactive ketones (excluding diaryl/α,β-unsaturated/α-hetero) is 1. The molecule has 3 rings (SSSR count). The Morgan fingerprint density at radius 3 is 2.60 bits per heavy atom. The van der Waals surface area contributed by atoms with Crippen LogP contribution in [0.2, 0.25) is 0 Å². The van der Waals surface area contributed by atoms with Crippen molar-refractivity contribution in [3.8, 4) is 0 Å². The molecule has 1 aliphatic carbocycles. The highest BCUT2D eigenvalue weighted by Crippen LogP contribution is 2.67. The average Bonchev–Trinajstić information content (AvgIpc) is 2.80. The van der Waals surface area contributed by atoms with E-state index in [1.54, 1.807) is 13.8 Å². The molecule has 1 aromatic carbocycles. The van der Waals surface area contributed by atoms with Crippen molar-refractivity contribution in [1.82, 2.24) is 0 Å². The van der Waals surface area contributed by atoms with Gasteiger partial charge >= 0.3 is 5.97 Å². The summed E-state index contributed by atoms with van der Waals surface area (Å²) in [7, 11) is 0. The number of nitrogens with zero attached hydrogens (tertiary/aromatic N) is 1. The van der Waals surface area contributed by atoms with Crippen LogP contribution in [0.3, 0.4) is 0 Å². The topological polar surface area (TPSA) is 65.0 Å². The molecule has 5 heteroatoms. The van der Waals surface area contributed by atoms with Crippen molar-refractivity contribution in [3.05, 3.63) is 48.0 Å². The van der Waals surface area contributed by atoms with E-state index in [1.807, 2.05) is 49.4 Å². The van der Waals surface area contributed by atoms with Crippen LogP contribution >= 0.6 is 0 Å². The summed E-state index contributed by atoms with van der Waals surface area (Å²) in [5.74, 6) is -0.905. The lowest BCUT2D eigenvalue weighted by Gasteiger charge is -2.55. The van der Waals surface area contributed by atoms with Gasteiger partial charge in [-0.05, 0) is 32.8 Å². The zero-order valence-corrected chi connectivity index (χ0v) is 14.8. The van der Waals surface area contributed by atoms with Crippen LogP contribution in [0.15, 0.2) is 47.5 Å². The Balaban J connectivity index is 2.22. The number of carbonyl (C=O) groups is 2. The Morgan fingerprint density at radius 2 is 2.00 bits per heavy atom. The number of esters is 1. The van der Waals surface area contributed by atoms with Gasteiger partial charge in [0.15, 0.2) is 5.41 Å². The van der Waals surface area contributed by atoms with Gasteiger partial charge in [-0.15, -0.1) is 0 Å². The van der Waals surface area contributed by atoms with E-state index in [9.17, 15) is 9.59 Å². The minimum Gasteiger partial charge on any atom is -0.476 e. The molecule has 1 saturated carbocycles. The number of hydrogen-bond acceptors (Lipinski definition) is 5. The molecular weight excluding hydrogens is 318 g/mol. The third kappa shape index (κ3) is 2.18. The van der Waals surface area contributed by atoms with Gasteiger partial charge in [-0.3, -0.25) is 9.59 Å². The standard InChI is InChI=1S/C20H23NO4/c1-4-10-15-13-19(18(23)25-6-3)16(22)17(24-5-2)21-20(15,19)14-11-8-7-9-12-14/h4,7-12,15H,5-6,13H2,1-3H3/b10-4+/t15-,19+,20+/m0/s1. The van der Waals surface area contributed by atoms with Gasteiger partial charge < -0.3 is 9.47 Å². The summed E-state index contributed by atoms with van der Waals surface area (Å²) in [6.07, 6.45) is 4.32. The number of ether oxygens (including phenoxy) is 2. The number of benzene rings is 1. The third-order valence-corrected chi connectivity index (χ3v) is 5.12. The van der Waals surface area contributed by atoms with Crippen molar-refractivity contribution in [2.24, 2.45) is 16.3 Å². The van der Waals surface area contributed by atoms with Gasteiger partial charge in [0.25, 0.3) is 5.90 Å². The van der Waals surface area contributed by atoms with E-state index < -0.39 is 16.9 Å². The van der Waals surface area contributed by atoms with E-state index in [1.165, 1.54) is 0 Å². The number of hydrogen-bond donors (Lipinski definition) is 0. The van der Waals surface area contributed by atoms with Crippen LogP contribution in [0, 0.1) is 11.3 Å². The van der Waals surface area contributed by atoms with E-state index in [0.29, 0.717) is 13.0 Å². The van der Waals surface area contributed by atoms with Crippen LogP contribution in [0.25, 0.3) is 0 Å². The van der Waals surface area contributed by atoms with Gasteiger partial charge in [-0.25, -0.2) is 4.99 Å². The first-order valence-corrected chi connectivity index (χ1v) is 8.71. The lowest BCUT2D eigenvalue weighted by molar-refractivity contribution is -0.176. The van der Waals surface area contributed by atoms with Crippen LogP contribution in [-0.2, 0) is 24.6 Å². The number of fused-ring (bicyclic) bond motifs is 1. The lowest BCUT2D eigenvalue weighted by Crippen LogP contribution is -2.65. The van der Waals surface area contributed by atoms with Gasteiger partial charge in [0, 0.05) is 5.92 Å². The monoisotopic (exact) mass is 341 g/mol. The van der Waals surface area contributed by atoms with Crippen LogP contribution in [0.5, 0.6) is 0 Å². The fourth-order valence-corrected chi connectivity index (χ4v) is 4.13. The molecule has 132 valence electrons. The van der Waals surface area contributed by atoms with Crippen molar-refractivity contribution < 1.29 is 19.1 Å². The normalized spacial score (nSPS) is 30.6. The molecule has 5 nitrogen and oxygen atoms in total. The molecule has 25 heavy (non-hydrogen) atoms. The Labute approximate surface area is 147 Å². The van der Waals surface area contributed by atoms with Gasteiger partial charge in [-0.1, -0.05) is 42.5 Å². The number of allylic oxidation sites excluding steroid dienone is 1. The van der Waals surface area contributed by atoms with Crippen LogP contribution in [-0.4, -0.2) is 30.9 Å². The van der Waals surface area contributed by atoms with Crippen molar-refractivity contribution in [3.63, 3.8) is 0 Å². The zero-order chi connectivity index (χ0) is 18.1. The maximum Gasteiger partial charge on any atom is 0.323 e. The van der Waals surface area contributed by atoms with E-state index in [4.69, 9.17) is 14.5 Å². The Hall–Kier alpha value is -2.43. The number of carbonyl (C=O) groups excluding carboxylic acids is 2. The summed E-state index contributed by atoms with van der Waals surface area (Å²) >= 11 is 0. The highest BCUT2D eigenvalue weighted by atomic mass is 16.5. The van der Waals surface area contributed by atoms with Gasteiger partial charge in [0.2, 0.25) is 5.78 Å². The Bertz CT molecular complexity index is 739. The first-order chi connectivity index (χ1) is 12.1. The van der Waals surface area contributed by atoms with Gasteiger partial charge in [-0.2, -0.15) is 0 Å². The molecular formula is C20H23NO4. The SMILES string of the molecule is C/C=C/[C@H]1C[C@]2(C(=O)OCC)C(=O)C(OCC)=N[C@]12c1ccccc1. The smallest absolute Gasteiger partial charge is 0.323 e. The minimum absolute atomic E-state index is 0.0337. The highest BCUT2D eigenvalue weighted by Gasteiger charge is 2.78. The second-order valence-electron chi connectivity index (χ2n) is 6.27. The summed E-state index contributed by atoms with van der Waals surface area (Å²) in [6, 6.07) is 9.51. The molecule has 1 aliphatic heterocycles. The van der Waals surface area contributed by atoms with Gasteiger partial charge in [0.1, 0.15) is 5.54 Å². The third-order valence-electron chi connectivity index (χ3n) is 5.12. The van der Waals surface area contributed by atoms with Crippen molar-refractivity contribution in [1.29, 1.82) is 0 Å². The Kier molecular flexibility index (Phi) is 4.50. The quantitative estimate of drug-likeness (QED) is 0.469. The average molecular weight is 341 g/mol. The summed E-state index contributed by atoms with van der Waals surface area (Å²) < 4.78 is 10.8. The number of rotatable bonds is 5. The van der Waals surface area contributed by atoms with E-state index in [2.05, 4.69) is 0 Å². The molecule has 0 N–H and O–H groups in total. The molecule has 1 fully saturated rings. The van der Waals surface area contributed by atoms with Crippen molar-refractivity contribution in [2.75, 3.05) is 13.2 Å². The summed E-state index contributed by atoms with van der Waals surface area (Å²) in [4.78, 5) is 30.8. The minimum atomic E-state index is -1.33. The zero-order valence-electron chi connectivity index (χ0n) is 14.8. The molecule has 0 spiro atoms. The number of ketones is 1. The predicted molar refractivity (Wildman–Crippen MR) is 94.2 cm³/mol. The number of aliphatic imine (C=N–C) groups is 1. The van der Waals surface area contributed by atoms with Gasteiger partial charge in [0.05, 0.1) is 13.2 Å². The second kappa shape index (κ2) is 6.47. The molecule has 0 amide bonds. The van der Waals surface area contributed by atoms with Crippen LogP contribution in [0.1, 0.15) is 32.8 Å². The summed E-state index contributed by atoms with van der Waals surface area (Å²) in [6.45, 7) is 6.00. The second-order valence-corrected chi connectivity index (χ2v) is 6.27. The largest absolute Gasteiger partial charge is 0.476 e. The van der Waals surface area contributed by atoms with Crippen LogP contribution in [0.4, 0.5) is 0 Å². The van der Waals surface area contributed by atoms with E-state index >= 15 is 0 Å². The first kappa shape index (κ1) is 17.4. The summed E-state index contributed by atoms with van der Waals surface area (Å²) in [5.41, 5.74) is -1.49. The van der Waals surface area contributed by atoms with E-state index in [-0.39, 0.29) is 24.2 Å². The predicted octanol–water partition coefficient (Wildman–Crippen LogP) is 3.05. The Morgan fingerprint density at radius 1 is 1.28 bits per heavy atom. The molecule has 0 unspecified atom stereocenters. The highest BCUT2D eigenvalue weighted by molar-refractivity contribution is 6.45.